The van der Waals surface area contributed by atoms with Crippen LogP contribution in [0.25, 0.3) is 0 Å². The van der Waals surface area contributed by atoms with E-state index in [1.54, 1.807) is 6.07 Å². The number of anilines is 1. The van der Waals surface area contributed by atoms with E-state index in [9.17, 15) is 4.79 Å². The van der Waals surface area contributed by atoms with Crippen molar-refractivity contribution in [2.24, 2.45) is 5.10 Å². The Morgan fingerprint density at radius 1 is 1.22 bits per heavy atom. The number of hydrogen-bond acceptors (Lipinski definition) is 4. The summed E-state index contributed by atoms with van der Waals surface area (Å²) in [6.45, 7) is 1.92. The molecule has 3 aromatic rings. The first-order chi connectivity index (χ1) is 13.0. The minimum atomic E-state index is -0.429. The third kappa shape index (κ3) is 5.63. The highest BCUT2D eigenvalue weighted by Gasteiger charge is 2.10. The Balaban J connectivity index is 1.58. The molecule has 0 radical (unpaired) electrons. The second-order valence-corrected chi connectivity index (χ2v) is 7.82. The number of para-hydroxylation sites is 1. The quantitative estimate of drug-likeness (QED) is 0.343. The van der Waals surface area contributed by atoms with Gasteiger partial charge >= 0.3 is 6.03 Å². The summed E-state index contributed by atoms with van der Waals surface area (Å²) < 4.78 is 6.53. The monoisotopic (exact) mass is 463 g/mol. The number of aryl methyl sites for hydroxylation is 1. The molecule has 138 valence electrons. The topological polar surface area (TPSA) is 66.6 Å². The van der Waals surface area contributed by atoms with E-state index in [2.05, 4.69) is 31.8 Å². The first-order valence-corrected chi connectivity index (χ1v) is 9.88. The fourth-order valence-electron chi connectivity index (χ4n) is 2.13. The van der Waals surface area contributed by atoms with Gasteiger partial charge in [0.2, 0.25) is 0 Å². The Morgan fingerprint density at radius 3 is 2.70 bits per heavy atom. The minimum Gasteiger partial charge on any atom is -0.447 e. The van der Waals surface area contributed by atoms with Crippen molar-refractivity contribution in [2.75, 3.05) is 5.32 Å². The van der Waals surface area contributed by atoms with Crippen LogP contribution in [0.15, 0.2) is 78.6 Å². The number of hydrogen-bond donors (Lipinski definition) is 2. The maximum absolute atomic E-state index is 11.9. The lowest BCUT2D eigenvalue weighted by atomic mass is 10.2. The van der Waals surface area contributed by atoms with Gasteiger partial charge in [0.25, 0.3) is 0 Å². The molecule has 0 atom stereocenters. The number of amides is 2. The molecule has 27 heavy (non-hydrogen) atoms. The van der Waals surface area contributed by atoms with Crippen LogP contribution in [-0.2, 0) is 0 Å². The van der Waals surface area contributed by atoms with E-state index < -0.39 is 6.03 Å². The maximum Gasteiger partial charge on any atom is 0.339 e. The standard InChI is InChI=1S/C19H15BrClN3O2S/c1-12-4-2-3-5-17(12)23-19(25)24-22-11-14-10-16(20)18(26-14)27-15-8-6-13(21)7-9-15/h2-11H,1H3,(H2,23,24,25). The molecule has 0 fully saturated rings. The normalized spacial score (nSPS) is 10.9. The number of carbonyl (C=O) groups excluding carboxylic acids is 1. The van der Waals surface area contributed by atoms with E-state index in [1.165, 1.54) is 18.0 Å². The van der Waals surface area contributed by atoms with E-state index >= 15 is 0 Å². The van der Waals surface area contributed by atoms with Gasteiger partial charge in [-0.2, -0.15) is 5.10 Å². The highest BCUT2D eigenvalue weighted by Crippen LogP contribution is 2.35. The zero-order valence-electron chi connectivity index (χ0n) is 14.2. The number of hydrazone groups is 1. The molecule has 0 unspecified atom stereocenters. The number of rotatable bonds is 5. The van der Waals surface area contributed by atoms with Crippen molar-refractivity contribution in [2.45, 2.75) is 16.9 Å². The molecule has 2 amide bonds. The Labute approximate surface area is 174 Å². The first-order valence-electron chi connectivity index (χ1n) is 7.90. The molecule has 0 spiro atoms. The summed E-state index contributed by atoms with van der Waals surface area (Å²) in [5, 5.41) is 8.01. The minimum absolute atomic E-state index is 0.429. The van der Waals surface area contributed by atoms with E-state index in [0.717, 1.165) is 20.6 Å². The second kappa shape index (κ2) is 9.12. The molecule has 2 aromatic carbocycles. The SMILES string of the molecule is Cc1ccccc1NC(=O)NN=Cc1cc(Br)c(Sc2ccc(Cl)cc2)o1. The zero-order valence-corrected chi connectivity index (χ0v) is 17.4. The third-order valence-corrected chi connectivity index (χ3v) is 5.55. The highest BCUT2D eigenvalue weighted by molar-refractivity contribution is 9.10. The van der Waals surface area contributed by atoms with Crippen molar-refractivity contribution < 1.29 is 9.21 Å². The molecule has 0 aliphatic carbocycles. The van der Waals surface area contributed by atoms with Crippen LogP contribution in [0.4, 0.5) is 10.5 Å². The van der Waals surface area contributed by atoms with Gasteiger partial charge in [-0.1, -0.05) is 41.6 Å². The fourth-order valence-corrected chi connectivity index (χ4v) is 3.59. The lowest BCUT2D eigenvalue weighted by Crippen LogP contribution is -2.24. The third-order valence-electron chi connectivity index (χ3n) is 3.45. The maximum atomic E-state index is 11.9. The lowest BCUT2D eigenvalue weighted by molar-refractivity contribution is 0.252. The van der Waals surface area contributed by atoms with Crippen LogP contribution in [0.2, 0.25) is 5.02 Å². The number of halogens is 2. The van der Waals surface area contributed by atoms with E-state index in [0.29, 0.717) is 15.9 Å². The number of benzene rings is 2. The van der Waals surface area contributed by atoms with Gasteiger partial charge in [0.1, 0.15) is 5.76 Å². The Kier molecular flexibility index (Phi) is 6.60. The first kappa shape index (κ1) is 19.5. The number of nitrogens with one attached hydrogen (secondary N) is 2. The molecule has 0 aliphatic rings. The van der Waals surface area contributed by atoms with Crippen molar-refractivity contribution in [1.82, 2.24) is 5.43 Å². The summed E-state index contributed by atoms with van der Waals surface area (Å²) in [5.74, 6) is 0.509. The Morgan fingerprint density at radius 2 is 1.96 bits per heavy atom. The van der Waals surface area contributed by atoms with Crippen molar-refractivity contribution in [1.29, 1.82) is 0 Å². The van der Waals surface area contributed by atoms with Crippen LogP contribution in [0.1, 0.15) is 11.3 Å². The molecule has 0 bridgehead atoms. The summed E-state index contributed by atoms with van der Waals surface area (Å²) >= 11 is 10.8. The van der Waals surface area contributed by atoms with Crippen molar-refractivity contribution in [3.05, 3.63) is 75.4 Å². The van der Waals surface area contributed by atoms with E-state index in [-0.39, 0.29) is 0 Å². The molecule has 2 N–H and O–H groups in total. The number of carbonyl (C=O) groups is 1. The van der Waals surface area contributed by atoms with Gasteiger partial charge in [0.05, 0.1) is 10.7 Å². The molecule has 5 nitrogen and oxygen atoms in total. The van der Waals surface area contributed by atoms with Crippen molar-refractivity contribution in [3.8, 4) is 0 Å². The molecule has 0 saturated carbocycles. The summed E-state index contributed by atoms with van der Waals surface area (Å²) in [6.07, 6.45) is 1.44. The van der Waals surface area contributed by atoms with Crippen LogP contribution < -0.4 is 10.7 Å². The van der Waals surface area contributed by atoms with Gasteiger partial charge in [-0.05, 0) is 58.7 Å². The summed E-state index contributed by atoms with van der Waals surface area (Å²) in [5.41, 5.74) is 4.11. The Bertz CT molecular complexity index is 973. The van der Waals surface area contributed by atoms with Crippen LogP contribution in [0.3, 0.4) is 0 Å². The molecule has 8 heteroatoms. The average molecular weight is 465 g/mol. The number of urea groups is 1. The van der Waals surface area contributed by atoms with E-state index in [4.69, 9.17) is 16.0 Å². The number of furan rings is 1. The average Bonchev–Trinajstić information content (AvgIpc) is 2.98. The molecule has 1 heterocycles. The van der Waals surface area contributed by atoms with Crippen LogP contribution >= 0.6 is 39.3 Å². The van der Waals surface area contributed by atoms with Gasteiger partial charge in [-0.3, -0.25) is 0 Å². The molecule has 1 aromatic heterocycles. The molecule has 3 rings (SSSR count). The van der Waals surface area contributed by atoms with Gasteiger partial charge in [-0.25, -0.2) is 10.2 Å². The van der Waals surface area contributed by atoms with Crippen LogP contribution in [0, 0.1) is 6.92 Å². The van der Waals surface area contributed by atoms with Gasteiger partial charge in [0, 0.05) is 21.7 Å². The Hall–Kier alpha value is -2.22. The predicted molar refractivity (Wildman–Crippen MR) is 113 cm³/mol. The van der Waals surface area contributed by atoms with Crippen molar-refractivity contribution in [3.63, 3.8) is 0 Å². The molecular formula is C19H15BrClN3O2S. The van der Waals surface area contributed by atoms with Crippen molar-refractivity contribution >= 4 is 57.2 Å². The van der Waals surface area contributed by atoms with Gasteiger partial charge in [0.15, 0.2) is 5.09 Å². The van der Waals surface area contributed by atoms with Gasteiger partial charge in [-0.15, -0.1) is 0 Å². The van der Waals surface area contributed by atoms with E-state index in [1.807, 2.05) is 55.5 Å². The predicted octanol–water partition coefficient (Wildman–Crippen LogP) is 6.31. The highest BCUT2D eigenvalue weighted by atomic mass is 79.9. The zero-order chi connectivity index (χ0) is 19.2. The summed E-state index contributed by atoms with van der Waals surface area (Å²) in [6, 6.07) is 16.3. The molecule has 0 saturated heterocycles. The summed E-state index contributed by atoms with van der Waals surface area (Å²) in [7, 11) is 0. The fraction of sp³-hybridized carbons (Fsp3) is 0.0526. The van der Waals surface area contributed by atoms with Gasteiger partial charge < -0.3 is 9.73 Å². The van der Waals surface area contributed by atoms with Crippen LogP contribution in [-0.4, -0.2) is 12.2 Å². The number of nitrogens with zero attached hydrogens (tertiary/aromatic N) is 1. The van der Waals surface area contributed by atoms with Crippen LogP contribution in [0.5, 0.6) is 0 Å². The largest absolute Gasteiger partial charge is 0.447 e. The summed E-state index contributed by atoms with van der Waals surface area (Å²) in [4.78, 5) is 12.9. The second-order valence-electron chi connectivity index (χ2n) is 5.48. The lowest BCUT2D eigenvalue weighted by Gasteiger charge is -2.06. The molecular weight excluding hydrogens is 450 g/mol. The smallest absolute Gasteiger partial charge is 0.339 e. The molecule has 0 aliphatic heterocycles.